The number of nitrogens with zero attached hydrogens (tertiary/aromatic N) is 6. The molecule has 0 amide bonds. The van der Waals surface area contributed by atoms with E-state index in [1.807, 2.05) is 39.8 Å². The van der Waals surface area contributed by atoms with Gasteiger partial charge in [-0.05, 0) is 218 Å². The van der Waals surface area contributed by atoms with Crippen LogP contribution in [0, 0.1) is 35.5 Å². The molecule has 90 heavy (non-hydrogen) atoms. The highest BCUT2D eigenvalue weighted by Gasteiger charge is 2.30. The lowest BCUT2D eigenvalue weighted by atomic mass is 9.82. The molecule has 0 N–H and O–H groups in total. The predicted octanol–water partition coefficient (Wildman–Crippen LogP) is 23.4. The Bertz CT molecular complexity index is 2300. The summed E-state index contributed by atoms with van der Waals surface area (Å²) in [5.74, 6) is 6.30. The van der Waals surface area contributed by atoms with Crippen LogP contribution in [0.4, 0.5) is 13.2 Å². The minimum absolute atomic E-state index is 0. The van der Waals surface area contributed by atoms with Crippen molar-refractivity contribution in [2.75, 3.05) is 26.2 Å². The van der Waals surface area contributed by atoms with Gasteiger partial charge < -0.3 is 14.5 Å². The van der Waals surface area contributed by atoms with Crippen LogP contribution in [-0.4, -0.2) is 86.3 Å². The molecule has 2 aliphatic heterocycles. The van der Waals surface area contributed by atoms with E-state index in [1.165, 1.54) is 183 Å². The normalized spacial score (nSPS) is 17.3. The zero-order valence-electron chi connectivity index (χ0n) is 59.3. The summed E-state index contributed by atoms with van der Waals surface area (Å²) >= 11 is 6.00. The van der Waals surface area contributed by atoms with Crippen molar-refractivity contribution in [3.05, 3.63) is 112 Å². The van der Waals surface area contributed by atoms with E-state index < -0.39 is 11.7 Å². The molecular formula is C78H132ClF3N6O2. The van der Waals surface area contributed by atoms with Gasteiger partial charge in [-0.15, -0.1) is 5.10 Å². The van der Waals surface area contributed by atoms with Crippen LogP contribution in [0.5, 0.6) is 0 Å². The van der Waals surface area contributed by atoms with E-state index in [-0.39, 0.29) is 19.1 Å². The first-order valence-corrected chi connectivity index (χ1v) is 35.6. The maximum atomic E-state index is 12.1. The number of tetrazole rings is 1. The van der Waals surface area contributed by atoms with Crippen LogP contribution in [0.2, 0.25) is 5.02 Å². The van der Waals surface area contributed by atoms with Crippen molar-refractivity contribution >= 4 is 23.5 Å². The molecule has 3 heterocycles. The lowest BCUT2D eigenvalue weighted by molar-refractivity contribution is -0.137. The van der Waals surface area contributed by atoms with Crippen LogP contribution in [0.1, 0.15) is 294 Å². The number of halogens is 4. The molecule has 3 aliphatic carbocycles. The highest BCUT2D eigenvalue weighted by Crippen LogP contribution is 2.32. The summed E-state index contributed by atoms with van der Waals surface area (Å²) in [6.45, 7) is 42.8. The van der Waals surface area contributed by atoms with Crippen molar-refractivity contribution < 1.29 is 22.7 Å². The fourth-order valence-electron chi connectivity index (χ4n) is 11.9. The van der Waals surface area contributed by atoms with Gasteiger partial charge in [0.1, 0.15) is 6.33 Å². The fraction of sp³-hybridized carbons (Fsp3) is 0.718. The third-order valence-corrected chi connectivity index (χ3v) is 18.1. The van der Waals surface area contributed by atoms with Crippen molar-refractivity contribution in [2.45, 2.75) is 302 Å². The van der Waals surface area contributed by atoms with Gasteiger partial charge in [0.25, 0.3) is 0 Å². The quantitative estimate of drug-likeness (QED) is 0.123. The van der Waals surface area contributed by atoms with E-state index in [9.17, 15) is 18.0 Å². The first-order valence-electron chi connectivity index (χ1n) is 35.3. The molecule has 3 saturated carbocycles. The maximum absolute atomic E-state index is 12.1. The molecule has 0 bridgehead atoms. The molecule has 4 aromatic rings. The molecule has 5 aliphatic rings. The Hall–Kier alpha value is -3.90. The fourth-order valence-corrected chi connectivity index (χ4v) is 12.0. The van der Waals surface area contributed by atoms with Crippen LogP contribution in [0.15, 0.2) is 85.2 Å². The highest BCUT2D eigenvalue weighted by molar-refractivity contribution is 6.30. The Labute approximate surface area is 555 Å². The summed E-state index contributed by atoms with van der Waals surface area (Å²) in [4.78, 5) is 16.9. The summed E-state index contributed by atoms with van der Waals surface area (Å²) in [6, 6.07) is 22.7. The number of benzene rings is 3. The highest BCUT2D eigenvalue weighted by atomic mass is 35.5. The van der Waals surface area contributed by atoms with Crippen molar-refractivity contribution in [2.24, 2.45) is 35.5 Å². The molecular weight excluding hydrogens is 1150 g/mol. The lowest BCUT2D eigenvalue weighted by Gasteiger charge is -2.33. The van der Waals surface area contributed by atoms with Crippen LogP contribution >= 0.6 is 11.6 Å². The number of hydrogen-bond acceptors (Lipinski definition) is 7. The number of alkyl halides is 3. The van der Waals surface area contributed by atoms with Gasteiger partial charge in [-0.2, -0.15) is 17.9 Å². The van der Waals surface area contributed by atoms with Gasteiger partial charge in [0, 0.05) is 29.1 Å². The molecule has 8 nitrogen and oxygen atoms in total. The largest absolute Gasteiger partial charge is 0.416 e. The molecule has 3 aromatic carbocycles. The summed E-state index contributed by atoms with van der Waals surface area (Å²) in [5.41, 5.74) is 3.32. The summed E-state index contributed by atoms with van der Waals surface area (Å²) in [6.07, 6.45) is 30.8. The van der Waals surface area contributed by atoms with E-state index in [2.05, 4.69) is 140 Å². The van der Waals surface area contributed by atoms with Crippen LogP contribution in [-0.2, 0) is 15.7 Å². The van der Waals surface area contributed by atoms with Gasteiger partial charge in [0.05, 0.1) is 23.5 Å². The smallest absolute Gasteiger partial charge is 0.376 e. The second kappa shape index (κ2) is 47.9. The first kappa shape index (κ1) is 84.1. The first-order chi connectivity index (χ1) is 42.2. The number of aromatic nitrogens is 4. The van der Waals surface area contributed by atoms with Crippen LogP contribution < -0.4 is 0 Å². The average molecular weight is 1280 g/mol. The molecule has 1 aromatic heterocycles. The monoisotopic (exact) mass is 1280 g/mol. The Kier molecular flexibility index (Phi) is 44.8. The van der Waals surface area contributed by atoms with Crippen molar-refractivity contribution in [1.29, 1.82) is 0 Å². The summed E-state index contributed by atoms with van der Waals surface area (Å²) in [7, 11) is 0. The third-order valence-electron chi connectivity index (χ3n) is 17.9. The number of allylic oxidation sites excluding steroid dienone is 1. The second-order valence-corrected chi connectivity index (χ2v) is 28.9. The molecule has 0 unspecified atom stereocenters. The molecule has 514 valence electrons. The number of ether oxygens (including phenoxy) is 1. The average Bonchev–Trinajstić information content (AvgIpc) is 1.77. The molecule has 5 fully saturated rings. The molecule has 0 atom stereocenters. The molecule has 12 heteroatoms. The van der Waals surface area contributed by atoms with Gasteiger partial charge in [-0.25, -0.2) is 0 Å². The van der Waals surface area contributed by atoms with Crippen molar-refractivity contribution in [3.8, 4) is 5.69 Å². The Balaban J connectivity index is 0.000000523. The van der Waals surface area contributed by atoms with Crippen molar-refractivity contribution in [3.63, 3.8) is 0 Å². The topological polar surface area (TPSA) is 76.4 Å². The number of piperidine rings is 2. The van der Waals surface area contributed by atoms with Gasteiger partial charge >= 0.3 is 6.18 Å². The van der Waals surface area contributed by atoms with Crippen molar-refractivity contribution in [1.82, 2.24) is 30.0 Å². The summed E-state index contributed by atoms with van der Waals surface area (Å²) in [5, 5.41) is 11.7. The second-order valence-electron chi connectivity index (χ2n) is 28.4. The van der Waals surface area contributed by atoms with Gasteiger partial charge in [0.2, 0.25) is 0 Å². The van der Waals surface area contributed by atoms with Gasteiger partial charge in [-0.3, -0.25) is 4.79 Å². The van der Waals surface area contributed by atoms with E-state index in [0.29, 0.717) is 35.5 Å². The Morgan fingerprint density at radius 3 is 1.42 bits per heavy atom. The van der Waals surface area contributed by atoms with E-state index in [1.54, 1.807) is 24.3 Å². The van der Waals surface area contributed by atoms with Crippen LogP contribution in [0.3, 0.4) is 0 Å². The third kappa shape index (κ3) is 38.3. The number of carbonyl (C=O) groups is 1. The number of hydrogen-bond donors (Lipinski definition) is 0. The zero-order valence-corrected chi connectivity index (χ0v) is 60.0. The van der Waals surface area contributed by atoms with Gasteiger partial charge in [-0.1, -0.05) is 228 Å². The summed E-state index contributed by atoms with van der Waals surface area (Å²) < 4.78 is 43.6. The zero-order chi connectivity index (χ0) is 66.3. The Morgan fingerprint density at radius 1 is 0.589 bits per heavy atom. The maximum Gasteiger partial charge on any atom is 0.416 e. The molecule has 9 rings (SSSR count). The van der Waals surface area contributed by atoms with E-state index >= 15 is 0 Å². The Morgan fingerprint density at radius 2 is 1.04 bits per heavy atom. The number of ketones is 1. The van der Waals surface area contributed by atoms with E-state index in [4.69, 9.17) is 16.3 Å². The molecule has 0 spiro atoms. The predicted molar refractivity (Wildman–Crippen MR) is 382 cm³/mol. The van der Waals surface area contributed by atoms with E-state index in [0.717, 1.165) is 70.6 Å². The number of carbonyl (C=O) groups excluding carboxylic acids is 1. The molecule has 2 saturated heterocycles. The number of likely N-dealkylation sites (tertiary alicyclic amines) is 2. The van der Waals surface area contributed by atoms with Crippen LogP contribution in [0.25, 0.3) is 11.8 Å². The SMILES string of the molecule is C.CC(C)C1CCCCC1.CC(C)C1CCCCC1.CC(C)CC(=O)/C=C/c1cc(Cl)ccc1-n1cnnn1.CC(C)N1CCCCC1.CC(C)OC1CCCCC1.CC(C)c1ccc(C(F)(F)F)cc1.CC(C)c1ccccc1.CC1CCN(C(C)C)CC1. The standard InChI is InChI=1S/C14H15ClN4O.C10H11F3.C9H19N.C9H18O.2C9H18.C9H12.C8H17N.CH4/c1-10(2)7-13(20)5-3-11-8-12(15)4-6-14(11)19-9-16-17-18-19;1-7(2)8-3-5-9(6-4-8)10(11,12)13;1-8(2)10-6-4-9(3)5-7-10;1-8(2)10-9-6-4-3-5-7-9;4*1-8(2)9-6-4-3-5-7-9;/h3-6,8-10H,7H2,1-2H3;3-7H,1-2H3;8-9H,4-7H2,1-3H3;8-9H,3-7H2,1-2H3;2*8-9H,3-7H2,1-2H3;3-8H,1-2H3;8H,3-7H2,1-2H3;1H4/b5-3+;;;;;;;;. The minimum atomic E-state index is -4.23. The number of rotatable bonds is 13. The van der Waals surface area contributed by atoms with Gasteiger partial charge in [0.15, 0.2) is 5.78 Å². The molecule has 0 radical (unpaired) electrons. The lowest BCUT2D eigenvalue weighted by Crippen LogP contribution is -2.37. The minimum Gasteiger partial charge on any atom is -0.376 e.